The van der Waals surface area contributed by atoms with Gasteiger partial charge in [-0.05, 0) is 25.7 Å². The van der Waals surface area contributed by atoms with Crippen LogP contribution in [0.1, 0.15) is 65.2 Å². The van der Waals surface area contributed by atoms with Crippen LogP contribution >= 0.6 is 0 Å². The number of hydrogen-bond donors (Lipinski definition) is 2. The Kier molecular flexibility index (Phi) is 15.1. The normalized spacial score (nSPS) is 14.4. The molecule has 4 nitrogen and oxygen atoms in total. The van der Waals surface area contributed by atoms with Gasteiger partial charge in [0.15, 0.2) is 0 Å². The lowest BCUT2D eigenvalue weighted by Gasteiger charge is -2.23. The van der Waals surface area contributed by atoms with Gasteiger partial charge in [-0.3, -0.25) is 0 Å². The minimum absolute atomic E-state index is 0.138. The molecule has 0 heterocycles. The monoisotopic (exact) mass is 290 g/mol. The van der Waals surface area contributed by atoms with Gasteiger partial charge in [-0.15, -0.1) is 0 Å². The predicted molar refractivity (Wildman–Crippen MR) is 81.9 cm³/mol. The maximum absolute atomic E-state index is 10.1. The predicted octanol–water partition coefficient (Wildman–Crippen LogP) is 2.90. The Hall–Kier alpha value is -0.160. The zero-order valence-electron chi connectivity index (χ0n) is 13.4. The molecule has 0 saturated heterocycles. The van der Waals surface area contributed by atoms with E-state index in [4.69, 9.17) is 14.6 Å². The largest absolute Gasteiger partial charge is 0.396 e. The topological polar surface area (TPSA) is 58.9 Å². The molecular weight excluding hydrogens is 256 g/mol. The van der Waals surface area contributed by atoms with Gasteiger partial charge in [0.2, 0.25) is 0 Å². The maximum atomic E-state index is 10.1. The molecule has 0 saturated carbocycles. The number of ether oxygens (including phenoxy) is 2. The van der Waals surface area contributed by atoms with Gasteiger partial charge in [0, 0.05) is 19.8 Å². The molecule has 0 radical (unpaired) electrons. The molecule has 0 aliphatic carbocycles. The third kappa shape index (κ3) is 11.6. The lowest BCUT2D eigenvalue weighted by atomic mass is 10.1. The van der Waals surface area contributed by atoms with Crippen molar-refractivity contribution in [2.24, 2.45) is 0 Å². The van der Waals surface area contributed by atoms with Gasteiger partial charge in [-0.2, -0.15) is 0 Å². The van der Waals surface area contributed by atoms with Crippen molar-refractivity contribution in [1.82, 2.24) is 0 Å². The summed E-state index contributed by atoms with van der Waals surface area (Å²) in [6, 6.07) is 0. The van der Waals surface area contributed by atoms with E-state index in [2.05, 4.69) is 13.8 Å². The van der Waals surface area contributed by atoms with Crippen molar-refractivity contribution in [1.29, 1.82) is 0 Å². The zero-order valence-corrected chi connectivity index (χ0v) is 13.4. The first-order valence-corrected chi connectivity index (χ1v) is 8.24. The summed E-state index contributed by atoms with van der Waals surface area (Å²) in [5.41, 5.74) is 0. The van der Waals surface area contributed by atoms with Crippen LogP contribution in [0.15, 0.2) is 0 Å². The highest BCUT2D eigenvalue weighted by molar-refractivity contribution is 4.69. The Labute approximate surface area is 124 Å². The Morgan fingerprint density at radius 1 is 0.900 bits per heavy atom. The van der Waals surface area contributed by atoms with Crippen LogP contribution in [0, 0.1) is 0 Å². The minimum Gasteiger partial charge on any atom is -0.396 e. The second kappa shape index (κ2) is 15.2. The molecule has 0 aromatic heterocycles. The van der Waals surface area contributed by atoms with Gasteiger partial charge < -0.3 is 19.7 Å². The number of aliphatic hydroxyl groups is 2. The molecule has 0 rings (SSSR count). The number of hydrogen-bond acceptors (Lipinski definition) is 4. The van der Waals surface area contributed by atoms with Crippen molar-refractivity contribution < 1.29 is 19.7 Å². The Morgan fingerprint density at radius 3 is 2.15 bits per heavy atom. The van der Waals surface area contributed by atoms with Gasteiger partial charge in [-0.25, -0.2) is 0 Å². The standard InChI is InChI=1S/C16H34O4/c1-3-5-7-12-19-14-15(18)16(10-9-11-17)20-13-8-6-4-2/h15-18H,3-14H2,1-2H3/t15-,16+/m1/s1. The Bertz CT molecular complexity index is 187. The first-order chi connectivity index (χ1) is 9.76. The molecular formula is C16H34O4. The van der Waals surface area contributed by atoms with Gasteiger partial charge >= 0.3 is 0 Å². The number of aliphatic hydroxyl groups excluding tert-OH is 2. The van der Waals surface area contributed by atoms with Crippen molar-refractivity contribution in [2.45, 2.75) is 77.4 Å². The van der Waals surface area contributed by atoms with Crippen LogP contribution in [-0.2, 0) is 9.47 Å². The van der Waals surface area contributed by atoms with Crippen LogP contribution in [0.3, 0.4) is 0 Å². The number of rotatable bonds is 15. The van der Waals surface area contributed by atoms with Gasteiger partial charge in [0.1, 0.15) is 6.10 Å². The summed E-state index contributed by atoms with van der Waals surface area (Å²) in [6.07, 6.45) is 7.24. The van der Waals surface area contributed by atoms with Crippen LogP contribution in [0.2, 0.25) is 0 Å². The molecule has 20 heavy (non-hydrogen) atoms. The van der Waals surface area contributed by atoms with Gasteiger partial charge in [0.25, 0.3) is 0 Å². The number of unbranched alkanes of at least 4 members (excludes halogenated alkanes) is 4. The van der Waals surface area contributed by atoms with Crippen LogP contribution in [0.25, 0.3) is 0 Å². The summed E-state index contributed by atoms with van der Waals surface area (Å²) in [6.45, 7) is 6.16. The summed E-state index contributed by atoms with van der Waals surface area (Å²) >= 11 is 0. The maximum Gasteiger partial charge on any atom is 0.103 e. The first kappa shape index (κ1) is 19.8. The molecule has 122 valence electrons. The lowest BCUT2D eigenvalue weighted by molar-refractivity contribution is -0.0775. The third-order valence-corrected chi connectivity index (χ3v) is 3.34. The summed E-state index contributed by atoms with van der Waals surface area (Å²) in [5, 5.41) is 19.0. The SMILES string of the molecule is CCCCCOC[C@@H](O)[C@H](CCCO)OCCCCC. The quantitative estimate of drug-likeness (QED) is 0.455. The van der Waals surface area contributed by atoms with E-state index in [1.807, 2.05) is 0 Å². The van der Waals surface area contributed by atoms with Crippen LogP contribution in [-0.4, -0.2) is 48.8 Å². The lowest BCUT2D eigenvalue weighted by Crippen LogP contribution is -2.33. The summed E-state index contributed by atoms with van der Waals surface area (Å²) in [7, 11) is 0. The average molecular weight is 290 g/mol. The van der Waals surface area contributed by atoms with Gasteiger partial charge in [-0.1, -0.05) is 39.5 Å². The van der Waals surface area contributed by atoms with E-state index in [-0.39, 0.29) is 12.7 Å². The fraction of sp³-hybridized carbons (Fsp3) is 1.00. The molecule has 0 unspecified atom stereocenters. The summed E-state index contributed by atoms with van der Waals surface area (Å²) in [4.78, 5) is 0. The molecule has 0 amide bonds. The third-order valence-electron chi connectivity index (χ3n) is 3.34. The highest BCUT2D eigenvalue weighted by Crippen LogP contribution is 2.10. The molecule has 0 aliphatic rings. The minimum atomic E-state index is -0.593. The highest BCUT2D eigenvalue weighted by Gasteiger charge is 2.19. The van der Waals surface area contributed by atoms with Gasteiger partial charge in [0.05, 0.1) is 12.7 Å². The van der Waals surface area contributed by atoms with Crippen molar-refractivity contribution in [2.75, 3.05) is 26.4 Å². The van der Waals surface area contributed by atoms with E-state index >= 15 is 0 Å². The molecule has 0 bridgehead atoms. The Morgan fingerprint density at radius 2 is 1.55 bits per heavy atom. The van der Waals surface area contributed by atoms with E-state index in [0.29, 0.717) is 32.7 Å². The first-order valence-electron chi connectivity index (χ1n) is 8.24. The van der Waals surface area contributed by atoms with Crippen LogP contribution in [0.4, 0.5) is 0 Å². The van der Waals surface area contributed by atoms with Crippen molar-refractivity contribution in [3.63, 3.8) is 0 Å². The summed E-state index contributed by atoms with van der Waals surface area (Å²) < 4.78 is 11.2. The molecule has 2 N–H and O–H groups in total. The molecule has 0 fully saturated rings. The van der Waals surface area contributed by atoms with Crippen molar-refractivity contribution in [3.8, 4) is 0 Å². The second-order valence-corrected chi connectivity index (χ2v) is 5.33. The fourth-order valence-corrected chi connectivity index (χ4v) is 2.03. The highest BCUT2D eigenvalue weighted by atomic mass is 16.5. The van der Waals surface area contributed by atoms with Crippen LogP contribution in [0.5, 0.6) is 0 Å². The molecule has 2 atom stereocenters. The fourth-order valence-electron chi connectivity index (χ4n) is 2.03. The molecule has 4 heteroatoms. The summed E-state index contributed by atoms with van der Waals surface area (Å²) in [5.74, 6) is 0. The van der Waals surface area contributed by atoms with Crippen LogP contribution < -0.4 is 0 Å². The average Bonchev–Trinajstić information content (AvgIpc) is 2.46. The van der Waals surface area contributed by atoms with E-state index in [1.165, 1.54) is 6.42 Å². The van der Waals surface area contributed by atoms with Crippen molar-refractivity contribution in [3.05, 3.63) is 0 Å². The smallest absolute Gasteiger partial charge is 0.103 e. The second-order valence-electron chi connectivity index (χ2n) is 5.33. The van der Waals surface area contributed by atoms with E-state index < -0.39 is 6.10 Å². The molecule has 0 aromatic carbocycles. The van der Waals surface area contributed by atoms with E-state index in [9.17, 15) is 5.11 Å². The van der Waals surface area contributed by atoms with E-state index in [1.54, 1.807) is 0 Å². The van der Waals surface area contributed by atoms with E-state index in [0.717, 1.165) is 32.1 Å². The zero-order chi connectivity index (χ0) is 15.1. The van der Waals surface area contributed by atoms with Crippen molar-refractivity contribution >= 4 is 0 Å². The molecule has 0 aliphatic heterocycles. The molecule has 0 aromatic rings. The Balaban J connectivity index is 3.83. The molecule has 0 spiro atoms.